The van der Waals surface area contributed by atoms with Crippen LogP contribution >= 0.6 is 11.6 Å². The van der Waals surface area contributed by atoms with E-state index in [1.807, 2.05) is 13.8 Å². The number of hydrogen-bond donors (Lipinski definition) is 2. The summed E-state index contributed by atoms with van der Waals surface area (Å²) in [6.45, 7) is 7.40. The number of halogens is 1. The van der Waals surface area contributed by atoms with Crippen LogP contribution in [0.3, 0.4) is 0 Å². The molecule has 2 N–H and O–H groups in total. The van der Waals surface area contributed by atoms with Gasteiger partial charge in [-0.2, -0.15) is 0 Å². The van der Waals surface area contributed by atoms with Gasteiger partial charge in [-0.3, -0.25) is 0 Å². The van der Waals surface area contributed by atoms with Gasteiger partial charge >= 0.3 is 5.97 Å². The first kappa shape index (κ1) is 15.1. The smallest absolute Gasteiger partial charge is 0.332 e. The molecule has 1 heterocycles. The Labute approximate surface area is 124 Å². The summed E-state index contributed by atoms with van der Waals surface area (Å²) >= 11 is 5.96. The van der Waals surface area contributed by atoms with E-state index in [0.717, 1.165) is 0 Å². The van der Waals surface area contributed by atoms with Crippen molar-refractivity contribution in [1.82, 2.24) is 0 Å². The largest absolute Gasteiger partial charge is 0.479 e. The van der Waals surface area contributed by atoms with E-state index in [-0.39, 0.29) is 0 Å². The van der Waals surface area contributed by atoms with Crippen molar-refractivity contribution in [3.63, 3.8) is 0 Å². The molecule has 2 rings (SSSR count). The highest BCUT2D eigenvalue weighted by atomic mass is 35.5. The van der Waals surface area contributed by atoms with E-state index in [2.05, 4.69) is 5.32 Å². The number of carbonyl (C=O) groups is 1. The third-order valence-corrected chi connectivity index (χ3v) is 4.03. The van der Waals surface area contributed by atoms with Crippen LogP contribution in [0.25, 0.3) is 0 Å². The molecule has 5 heteroatoms. The zero-order valence-corrected chi connectivity index (χ0v) is 12.9. The van der Waals surface area contributed by atoms with Crippen LogP contribution in [0, 0.1) is 0 Å². The summed E-state index contributed by atoms with van der Waals surface area (Å²) < 4.78 is 5.94. The van der Waals surface area contributed by atoms with E-state index in [4.69, 9.17) is 16.3 Å². The van der Waals surface area contributed by atoms with Gasteiger partial charge in [0.25, 0.3) is 0 Å². The second-order valence-electron chi connectivity index (χ2n) is 6.39. The van der Waals surface area contributed by atoms with Crippen molar-refractivity contribution in [2.75, 3.05) is 5.32 Å². The molecule has 0 radical (unpaired) electrons. The maximum absolute atomic E-state index is 11.9. The fraction of sp³-hybridized carbons (Fsp3) is 0.533. The van der Waals surface area contributed by atoms with Gasteiger partial charge in [0.05, 0.1) is 11.2 Å². The van der Waals surface area contributed by atoms with Crippen LogP contribution in [0.5, 0.6) is 0 Å². The lowest BCUT2D eigenvalue weighted by atomic mass is 9.78. The standard InChI is InChI=1S/C15H20ClNO3/c1-13(2)9-15(12(18)19,14(3,4)20-13)17-11-7-5-6-10(16)8-11/h5-8,17H,9H2,1-4H3,(H,18,19). The molecule has 1 aromatic carbocycles. The van der Waals surface area contributed by atoms with Gasteiger partial charge in [0.15, 0.2) is 5.54 Å². The maximum atomic E-state index is 11.9. The molecule has 0 bridgehead atoms. The topological polar surface area (TPSA) is 58.6 Å². The number of ether oxygens (including phenoxy) is 1. The number of anilines is 1. The third kappa shape index (κ3) is 2.50. The van der Waals surface area contributed by atoms with Gasteiger partial charge in [0.1, 0.15) is 0 Å². The molecule has 1 unspecified atom stereocenters. The molecule has 0 saturated carbocycles. The van der Waals surface area contributed by atoms with Gasteiger partial charge in [0.2, 0.25) is 0 Å². The number of carboxylic acids is 1. The molecule has 4 nitrogen and oxygen atoms in total. The molecule has 20 heavy (non-hydrogen) atoms. The Bertz CT molecular complexity index is 542. The van der Waals surface area contributed by atoms with Gasteiger partial charge in [-0.05, 0) is 45.9 Å². The lowest BCUT2D eigenvalue weighted by molar-refractivity contribution is -0.149. The van der Waals surface area contributed by atoms with Crippen LogP contribution in [0.1, 0.15) is 34.1 Å². The SMILES string of the molecule is CC1(C)CC(Nc2cccc(Cl)c2)(C(=O)O)C(C)(C)O1. The van der Waals surface area contributed by atoms with Crippen molar-refractivity contribution < 1.29 is 14.6 Å². The van der Waals surface area contributed by atoms with Crippen LogP contribution in [-0.2, 0) is 9.53 Å². The lowest BCUT2D eigenvalue weighted by Gasteiger charge is -2.37. The molecule has 0 amide bonds. The molecule has 1 saturated heterocycles. The highest BCUT2D eigenvalue weighted by Crippen LogP contribution is 2.47. The molecular weight excluding hydrogens is 278 g/mol. The average molecular weight is 298 g/mol. The Balaban J connectivity index is 2.44. The highest BCUT2D eigenvalue weighted by molar-refractivity contribution is 6.30. The first-order chi connectivity index (χ1) is 9.08. The minimum atomic E-state index is -1.19. The fourth-order valence-corrected chi connectivity index (χ4v) is 3.25. The quantitative estimate of drug-likeness (QED) is 0.896. The van der Waals surface area contributed by atoms with Crippen molar-refractivity contribution >= 4 is 23.3 Å². The maximum Gasteiger partial charge on any atom is 0.332 e. The fourth-order valence-electron chi connectivity index (χ4n) is 3.06. The third-order valence-electron chi connectivity index (χ3n) is 3.80. The molecule has 0 aliphatic carbocycles. The summed E-state index contributed by atoms with van der Waals surface area (Å²) in [5.41, 5.74) is -1.87. The normalized spacial score (nSPS) is 27.2. The number of nitrogens with one attached hydrogen (secondary N) is 1. The van der Waals surface area contributed by atoms with E-state index in [9.17, 15) is 9.90 Å². The number of aliphatic carboxylic acids is 1. The van der Waals surface area contributed by atoms with Crippen LogP contribution < -0.4 is 5.32 Å². The first-order valence-electron chi connectivity index (χ1n) is 6.55. The predicted molar refractivity (Wildman–Crippen MR) is 79.3 cm³/mol. The Morgan fingerprint density at radius 3 is 2.45 bits per heavy atom. The summed E-state index contributed by atoms with van der Waals surface area (Å²) in [5.74, 6) is -0.923. The Morgan fingerprint density at radius 1 is 1.35 bits per heavy atom. The monoisotopic (exact) mass is 297 g/mol. The van der Waals surface area contributed by atoms with Crippen molar-refractivity contribution in [3.05, 3.63) is 29.3 Å². The van der Waals surface area contributed by atoms with Gasteiger partial charge in [-0.15, -0.1) is 0 Å². The Hall–Kier alpha value is -1.26. The summed E-state index contributed by atoms with van der Waals surface area (Å²) in [6.07, 6.45) is 0.370. The van der Waals surface area contributed by atoms with Crippen molar-refractivity contribution in [2.45, 2.75) is 50.9 Å². The number of benzene rings is 1. The summed E-state index contributed by atoms with van der Waals surface area (Å²) in [7, 11) is 0. The van der Waals surface area contributed by atoms with Gasteiger partial charge in [-0.25, -0.2) is 4.79 Å². The lowest BCUT2D eigenvalue weighted by Crippen LogP contribution is -2.58. The zero-order valence-electron chi connectivity index (χ0n) is 12.2. The second-order valence-corrected chi connectivity index (χ2v) is 6.83. The van der Waals surface area contributed by atoms with Crippen molar-refractivity contribution in [3.8, 4) is 0 Å². The van der Waals surface area contributed by atoms with Crippen molar-refractivity contribution in [1.29, 1.82) is 0 Å². The van der Waals surface area contributed by atoms with Gasteiger partial charge in [-0.1, -0.05) is 17.7 Å². The molecule has 110 valence electrons. The van der Waals surface area contributed by atoms with E-state index < -0.39 is 22.7 Å². The predicted octanol–water partition coefficient (Wildman–Crippen LogP) is 3.55. The first-order valence-corrected chi connectivity index (χ1v) is 6.93. The highest BCUT2D eigenvalue weighted by Gasteiger charge is 2.62. The summed E-state index contributed by atoms with van der Waals surface area (Å²) in [5, 5.41) is 13.5. The molecule has 1 atom stereocenters. The number of rotatable bonds is 3. The molecule has 0 spiro atoms. The number of carboxylic acid groups (broad SMARTS) is 1. The van der Waals surface area contributed by atoms with Gasteiger partial charge in [0, 0.05) is 17.1 Å². The molecule has 0 aromatic heterocycles. The molecular formula is C15H20ClNO3. The molecule has 1 aliphatic heterocycles. The van der Waals surface area contributed by atoms with Crippen LogP contribution in [0.4, 0.5) is 5.69 Å². The summed E-state index contributed by atoms with van der Waals surface area (Å²) in [6, 6.07) is 7.06. The van der Waals surface area contributed by atoms with E-state index >= 15 is 0 Å². The number of hydrogen-bond acceptors (Lipinski definition) is 3. The molecule has 1 aliphatic rings. The molecule has 1 aromatic rings. The second kappa shape index (κ2) is 4.64. The van der Waals surface area contributed by atoms with Gasteiger partial charge < -0.3 is 15.2 Å². The Kier molecular flexibility index (Phi) is 3.51. The van der Waals surface area contributed by atoms with Crippen LogP contribution in [0.2, 0.25) is 5.02 Å². The van der Waals surface area contributed by atoms with Crippen LogP contribution in [0.15, 0.2) is 24.3 Å². The average Bonchev–Trinajstić information content (AvgIpc) is 2.44. The minimum absolute atomic E-state index is 0.370. The van der Waals surface area contributed by atoms with Crippen molar-refractivity contribution in [2.24, 2.45) is 0 Å². The summed E-state index contributed by atoms with van der Waals surface area (Å²) in [4.78, 5) is 11.9. The van der Waals surface area contributed by atoms with E-state index in [1.54, 1.807) is 38.1 Å². The Morgan fingerprint density at radius 2 is 2.00 bits per heavy atom. The van der Waals surface area contributed by atoms with E-state index in [1.165, 1.54) is 0 Å². The van der Waals surface area contributed by atoms with E-state index in [0.29, 0.717) is 17.1 Å². The van der Waals surface area contributed by atoms with Crippen LogP contribution in [-0.4, -0.2) is 27.8 Å². The molecule has 1 fully saturated rings. The minimum Gasteiger partial charge on any atom is -0.479 e. The zero-order chi connectivity index (χ0) is 15.2.